The zero-order valence-electron chi connectivity index (χ0n) is 18.3. The van der Waals surface area contributed by atoms with E-state index in [4.69, 9.17) is 30.5 Å². The third kappa shape index (κ3) is 4.89. The Morgan fingerprint density at radius 2 is 1.50 bits per heavy atom. The number of carbonyl (C=O) groups excluding carboxylic acids is 2. The van der Waals surface area contributed by atoms with Crippen LogP contribution in [-0.4, -0.2) is 45.3 Å². The lowest BCUT2D eigenvalue weighted by Gasteiger charge is -2.30. The van der Waals surface area contributed by atoms with Crippen LogP contribution in [0.1, 0.15) is 17.0 Å². The summed E-state index contributed by atoms with van der Waals surface area (Å²) in [6.07, 6.45) is 3.33. The Morgan fingerprint density at radius 1 is 0.875 bits per heavy atom. The molecule has 0 aromatic heterocycles. The van der Waals surface area contributed by atoms with E-state index in [0.29, 0.717) is 28.6 Å². The van der Waals surface area contributed by atoms with Crippen molar-refractivity contribution in [1.29, 1.82) is 0 Å². The van der Waals surface area contributed by atoms with Gasteiger partial charge in [-0.3, -0.25) is 0 Å². The Balaban J connectivity index is 2.06. The molecule has 0 radical (unpaired) electrons. The first-order chi connectivity index (χ1) is 15.4. The zero-order valence-corrected chi connectivity index (χ0v) is 19.0. The van der Waals surface area contributed by atoms with Gasteiger partial charge in [0.1, 0.15) is 0 Å². The molecule has 1 aliphatic rings. The van der Waals surface area contributed by atoms with Crippen molar-refractivity contribution in [3.63, 3.8) is 0 Å². The molecule has 3 rings (SSSR count). The van der Waals surface area contributed by atoms with Crippen LogP contribution < -0.4 is 9.47 Å². The molecule has 2 aromatic rings. The van der Waals surface area contributed by atoms with Gasteiger partial charge in [0.05, 0.1) is 45.5 Å². The summed E-state index contributed by atoms with van der Waals surface area (Å²) in [6, 6.07) is 12.5. The number of benzene rings is 2. The number of esters is 2. The van der Waals surface area contributed by atoms with Gasteiger partial charge in [-0.05, 0) is 35.4 Å². The van der Waals surface area contributed by atoms with Crippen LogP contribution in [0.5, 0.6) is 11.5 Å². The van der Waals surface area contributed by atoms with Crippen LogP contribution in [-0.2, 0) is 25.6 Å². The molecule has 1 heterocycles. The molecule has 0 saturated heterocycles. The lowest BCUT2D eigenvalue weighted by molar-refractivity contribution is -0.137. The molecule has 0 unspecified atom stereocenters. The van der Waals surface area contributed by atoms with Gasteiger partial charge in [-0.1, -0.05) is 29.8 Å². The molecule has 0 bridgehead atoms. The van der Waals surface area contributed by atoms with Gasteiger partial charge in [0.2, 0.25) is 0 Å². The van der Waals surface area contributed by atoms with Gasteiger partial charge in [0.15, 0.2) is 11.5 Å². The summed E-state index contributed by atoms with van der Waals surface area (Å²) in [5.41, 5.74) is 2.14. The van der Waals surface area contributed by atoms with Crippen molar-refractivity contribution >= 4 is 23.5 Å². The van der Waals surface area contributed by atoms with Gasteiger partial charge in [-0.15, -0.1) is 0 Å². The van der Waals surface area contributed by atoms with E-state index in [0.717, 1.165) is 5.56 Å². The van der Waals surface area contributed by atoms with E-state index >= 15 is 0 Å². The molecule has 1 aliphatic heterocycles. The molecule has 7 nitrogen and oxygen atoms in total. The highest BCUT2D eigenvalue weighted by molar-refractivity contribution is 6.30. The molecule has 168 valence electrons. The maximum atomic E-state index is 12.7. The molecule has 32 heavy (non-hydrogen) atoms. The molecule has 0 spiro atoms. The molecule has 0 N–H and O–H groups in total. The Bertz CT molecular complexity index is 1040. The van der Waals surface area contributed by atoms with E-state index in [1.54, 1.807) is 61.9 Å². The normalized spacial score (nSPS) is 13.7. The van der Waals surface area contributed by atoms with Crippen LogP contribution in [0.15, 0.2) is 66.0 Å². The minimum Gasteiger partial charge on any atom is -0.493 e. The van der Waals surface area contributed by atoms with Crippen molar-refractivity contribution in [2.75, 3.05) is 28.4 Å². The van der Waals surface area contributed by atoms with Gasteiger partial charge in [0.25, 0.3) is 0 Å². The molecule has 8 heteroatoms. The highest BCUT2D eigenvalue weighted by Crippen LogP contribution is 2.38. The minimum absolute atomic E-state index is 0.290. The fraction of sp³-hybridized carbons (Fsp3) is 0.250. The number of ether oxygens (including phenoxy) is 4. The standard InChI is InChI=1S/C24H24ClNO6/c1-29-20-9-8-15(10-21(20)30-2)12-26-13-18(23(27)31-3)22(19(14-26)24(28)32-4)16-6-5-7-17(25)11-16/h5-11,13-14,22H,12H2,1-4H3. The van der Waals surface area contributed by atoms with Crippen molar-refractivity contribution in [2.24, 2.45) is 0 Å². The van der Waals surface area contributed by atoms with E-state index in [2.05, 4.69) is 0 Å². The van der Waals surface area contributed by atoms with Gasteiger partial charge in [0, 0.05) is 24.0 Å². The van der Waals surface area contributed by atoms with Crippen molar-refractivity contribution in [3.05, 3.63) is 82.2 Å². The summed E-state index contributed by atoms with van der Waals surface area (Å²) in [7, 11) is 5.72. The van der Waals surface area contributed by atoms with Crippen LogP contribution in [0, 0.1) is 0 Å². The maximum absolute atomic E-state index is 12.7. The smallest absolute Gasteiger partial charge is 0.336 e. The number of hydrogen-bond acceptors (Lipinski definition) is 7. The van der Waals surface area contributed by atoms with Crippen molar-refractivity contribution < 1.29 is 28.5 Å². The van der Waals surface area contributed by atoms with Crippen LogP contribution in [0.4, 0.5) is 0 Å². The lowest BCUT2D eigenvalue weighted by atomic mass is 9.83. The number of methoxy groups -OCH3 is 4. The van der Waals surface area contributed by atoms with E-state index in [-0.39, 0.29) is 11.1 Å². The Hall–Kier alpha value is -3.45. The third-order valence-corrected chi connectivity index (χ3v) is 5.30. The first kappa shape index (κ1) is 23.2. The van der Waals surface area contributed by atoms with Gasteiger partial charge in [-0.2, -0.15) is 0 Å². The van der Waals surface area contributed by atoms with Crippen LogP contribution in [0.25, 0.3) is 0 Å². The Morgan fingerprint density at radius 3 is 2.03 bits per heavy atom. The first-order valence-electron chi connectivity index (χ1n) is 9.74. The number of halogens is 1. The number of rotatable bonds is 7. The van der Waals surface area contributed by atoms with E-state index < -0.39 is 17.9 Å². The fourth-order valence-corrected chi connectivity index (χ4v) is 3.81. The molecular formula is C24H24ClNO6. The number of hydrogen-bond donors (Lipinski definition) is 0. The predicted molar refractivity (Wildman–Crippen MR) is 119 cm³/mol. The van der Waals surface area contributed by atoms with E-state index in [1.807, 2.05) is 12.1 Å². The minimum atomic E-state index is -0.685. The SMILES string of the molecule is COC(=O)C1=CN(Cc2ccc(OC)c(OC)c2)C=C(C(=O)OC)C1c1cccc(Cl)c1. The molecular weight excluding hydrogens is 434 g/mol. The second kappa shape index (κ2) is 10.2. The lowest BCUT2D eigenvalue weighted by Crippen LogP contribution is -2.28. The van der Waals surface area contributed by atoms with Crippen molar-refractivity contribution in [2.45, 2.75) is 12.5 Å². The number of carbonyl (C=O) groups is 2. The van der Waals surface area contributed by atoms with Crippen LogP contribution in [0.3, 0.4) is 0 Å². The predicted octanol–water partition coefficient (Wildman–Crippen LogP) is 4.07. The second-order valence-corrected chi connectivity index (χ2v) is 7.44. The fourth-order valence-electron chi connectivity index (χ4n) is 3.61. The van der Waals surface area contributed by atoms with Crippen LogP contribution in [0.2, 0.25) is 5.02 Å². The van der Waals surface area contributed by atoms with Crippen LogP contribution >= 0.6 is 11.6 Å². The molecule has 0 aliphatic carbocycles. The van der Waals surface area contributed by atoms with Gasteiger partial charge in [-0.25, -0.2) is 9.59 Å². The Labute approximate surface area is 191 Å². The highest BCUT2D eigenvalue weighted by atomic mass is 35.5. The average Bonchev–Trinajstić information content (AvgIpc) is 2.82. The second-order valence-electron chi connectivity index (χ2n) is 7.00. The summed E-state index contributed by atoms with van der Waals surface area (Å²) < 4.78 is 20.7. The summed E-state index contributed by atoms with van der Waals surface area (Å²) in [5.74, 6) is -0.612. The third-order valence-electron chi connectivity index (χ3n) is 5.07. The van der Waals surface area contributed by atoms with E-state index in [9.17, 15) is 9.59 Å². The Kier molecular flexibility index (Phi) is 7.43. The largest absolute Gasteiger partial charge is 0.493 e. The van der Waals surface area contributed by atoms with Crippen molar-refractivity contribution in [3.8, 4) is 11.5 Å². The number of nitrogens with zero attached hydrogens (tertiary/aromatic N) is 1. The topological polar surface area (TPSA) is 74.3 Å². The maximum Gasteiger partial charge on any atom is 0.336 e. The molecule has 2 aromatic carbocycles. The monoisotopic (exact) mass is 457 g/mol. The van der Waals surface area contributed by atoms with Gasteiger partial charge < -0.3 is 23.8 Å². The van der Waals surface area contributed by atoms with E-state index in [1.165, 1.54) is 14.2 Å². The first-order valence-corrected chi connectivity index (χ1v) is 10.1. The zero-order chi connectivity index (χ0) is 23.3. The average molecular weight is 458 g/mol. The molecule has 0 fully saturated rings. The summed E-state index contributed by atoms with van der Waals surface area (Å²) >= 11 is 6.17. The summed E-state index contributed by atoms with van der Waals surface area (Å²) in [5, 5.41) is 0.490. The summed E-state index contributed by atoms with van der Waals surface area (Å²) in [6.45, 7) is 0.365. The molecule has 0 saturated carbocycles. The molecule has 0 atom stereocenters. The van der Waals surface area contributed by atoms with Crippen molar-refractivity contribution in [1.82, 2.24) is 4.90 Å². The van der Waals surface area contributed by atoms with Gasteiger partial charge >= 0.3 is 11.9 Å². The summed E-state index contributed by atoms with van der Waals surface area (Å²) in [4.78, 5) is 27.2. The quantitative estimate of drug-likeness (QED) is 0.580. The highest BCUT2D eigenvalue weighted by Gasteiger charge is 2.35. The molecule has 0 amide bonds.